The number of hydrogen-bond acceptors (Lipinski definition) is 4. The van der Waals surface area contributed by atoms with Crippen molar-refractivity contribution in [3.8, 4) is 0 Å². The molecule has 1 aliphatic carbocycles. The molecule has 0 unspecified atom stereocenters. The van der Waals surface area contributed by atoms with E-state index in [9.17, 15) is 9.18 Å². The van der Waals surface area contributed by atoms with Crippen LogP contribution in [0.2, 0.25) is 10.0 Å². The van der Waals surface area contributed by atoms with Gasteiger partial charge in [-0.15, -0.1) is 0 Å². The van der Waals surface area contributed by atoms with Crippen molar-refractivity contribution < 1.29 is 9.18 Å². The summed E-state index contributed by atoms with van der Waals surface area (Å²) in [6.07, 6.45) is 3.40. The largest absolute Gasteiger partial charge is 0.377 e. The molecule has 168 valence electrons. The number of anilines is 2. The maximum atomic E-state index is 13.7. The third kappa shape index (κ3) is 4.92. The van der Waals surface area contributed by atoms with Crippen LogP contribution in [0.25, 0.3) is 10.9 Å². The normalized spacial score (nSPS) is 18.4. The van der Waals surface area contributed by atoms with E-state index in [-0.39, 0.29) is 33.6 Å². The van der Waals surface area contributed by atoms with Gasteiger partial charge in [-0.1, -0.05) is 41.4 Å². The number of carbonyl (C=O) groups is 1. The third-order valence-corrected chi connectivity index (χ3v) is 6.45. The average Bonchev–Trinajstić information content (AvgIpc) is 2.77. The molecule has 0 radical (unpaired) electrons. The Bertz CT molecular complexity index is 1150. The minimum Gasteiger partial charge on any atom is -0.377 e. The van der Waals surface area contributed by atoms with Crippen molar-refractivity contribution >= 4 is 51.5 Å². The highest BCUT2D eigenvalue weighted by molar-refractivity contribution is 6.36. The van der Waals surface area contributed by atoms with E-state index in [4.69, 9.17) is 28.2 Å². The summed E-state index contributed by atoms with van der Waals surface area (Å²) in [5.41, 5.74) is 2.17. The molecule has 1 aromatic heterocycles. The van der Waals surface area contributed by atoms with Crippen LogP contribution in [0, 0.1) is 5.82 Å². The first kappa shape index (κ1) is 22.6. The lowest BCUT2D eigenvalue weighted by Gasteiger charge is -2.30. The number of hydrogen-bond donors (Lipinski definition) is 2. The van der Waals surface area contributed by atoms with Gasteiger partial charge >= 0.3 is 0 Å². The first-order valence-corrected chi connectivity index (χ1v) is 11.4. The number of pyridine rings is 1. The van der Waals surface area contributed by atoms with Gasteiger partial charge in [0.25, 0.3) is 5.91 Å². The standard InChI is InChI=1S/C24H25Cl2FN4O/c1-31(2)22-13-23(30-21-6-4-3-5-16(21)22)28-14-7-9-15(10-8-14)29-24(32)17-11-20(27)19(26)12-18(17)25/h3-6,11-15H,7-10H2,1-2H3,(H,28,30)(H,29,32). The van der Waals surface area contributed by atoms with Crippen LogP contribution < -0.4 is 15.5 Å². The zero-order chi connectivity index (χ0) is 22.8. The summed E-state index contributed by atoms with van der Waals surface area (Å²) in [4.78, 5) is 19.4. The molecule has 0 spiro atoms. The highest BCUT2D eigenvalue weighted by Crippen LogP contribution is 2.30. The molecule has 0 aliphatic heterocycles. The van der Waals surface area contributed by atoms with Crippen molar-refractivity contribution in [3.63, 3.8) is 0 Å². The second-order valence-corrected chi connectivity index (χ2v) is 9.17. The van der Waals surface area contributed by atoms with Crippen LogP contribution in [0.5, 0.6) is 0 Å². The topological polar surface area (TPSA) is 57.3 Å². The fourth-order valence-electron chi connectivity index (χ4n) is 4.15. The molecule has 1 amide bonds. The Morgan fingerprint density at radius 2 is 1.72 bits per heavy atom. The summed E-state index contributed by atoms with van der Waals surface area (Å²) in [6, 6.07) is 12.8. The van der Waals surface area contributed by atoms with Crippen molar-refractivity contribution in [1.82, 2.24) is 10.3 Å². The van der Waals surface area contributed by atoms with Gasteiger partial charge in [0.2, 0.25) is 0 Å². The predicted octanol–water partition coefficient (Wildman–Crippen LogP) is 5.90. The van der Waals surface area contributed by atoms with Crippen LogP contribution in [0.15, 0.2) is 42.5 Å². The minimum atomic E-state index is -0.658. The lowest BCUT2D eigenvalue weighted by molar-refractivity contribution is 0.0926. The van der Waals surface area contributed by atoms with Gasteiger partial charge in [0, 0.05) is 43.3 Å². The summed E-state index contributed by atoms with van der Waals surface area (Å²) in [7, 11) is 4.05. The van der Waals surface area contributed by atoms with E-state index in [1.807, 2.05) is 32.3 Å². The van der Waals surface area contributed by atoms with E-state index in [1.54, 1.807) is 0 Å². The number of amides is 1. The third-order valence-electron chi connectivity index (χ3n) is 5.85. The van der Waals surface area contributed by atoms with Crippen LogP contribution in [-0.2, 0) is 0 Å². The summed E-state index contributed by atoms with van der Waals surface area (Å²) < 4.78 is 13.7. The van der Waals surface area contributed by atoms with Crippen molar-refractivity contribution in [1.29, 1.82) is 0 Å². The quantitative estimate of drug-likeness (QED) is 0.452. The molecule has 2 N–H and O–H groups in total. The van der Waals surface area contributed by atoms with E-state index >= 15 is 0 Å². The zero-order valence-electron chi connectivity index (χ0n) is 18.0. The zero-order valence-corrected chi connectivity index (χ0v) is 19.5. The number of rotatable bonds is 5. The first-order chi connectivity index (χ1) is 15.3. The molecule has 1 aliphatic rings. The molecular weight excluding hydrogens is 450 g/mol. The number of para-hydroxylation sites is 1. The van der Waals surface area contributed by atoms with E-state index in [0.29, 0.717) is 0 Å². The number of benzene rings is 2. The molecule has 32 heavy (non-hydrogen) atoms. The smallest absolute Gasteiger partial charge is 0.253 e. The fourth-order valence-corrected chi connectivity index (χ4v) is 4.62. The highest BCUT2D eigenvalue weighted by atomic mass is 35.5. The Morgan fingerprint density at radius 3 is 2.44 bits per heavy atom. The molecule has 1 fully saturated rings. The van der Waals surface area contributed by atoms with Crippen LogP contribution in [0.3, 0.4) is 0 Å². The number of carbonyl (C=O) groups excluding carboxylic acids is 1. The van der Waals surface area contributed by atoms with Crippen LogP contribution in [0.4, 0.5) is 15.9 Å². The Labute approximate surface area is 196 Å². The Hall–Kier alpha value is -2.57. The Morgan fingerprint density at radius 1 is 1.03 bits per heavy atom. The van der Waals surface area contributed by atoms with Crippen LogP contribution in [0.1, 0.15) is 36.0 Å². The van der Waals surface area contributed by atoms with Gasteiger partial charge in [-0.2, -0.15) is 0 Å². The van der Waals surface area contributed by atoms with E-state index in [2.05, 4.69) is 27.7 Å². The highest BCUT2D eigenvalue weighted by Gasteiger charge is 2.24. The number of aromatic nitrogens is 1. The summed E-state index contributed by atoms with van der Waals surface area (Å²) in [5, 5.41) is 7.69. The molecular formula is C24H25Cl2FN4O. The molecule has 2 aromatic carbocycles. The Balaban J connectivity index is 1.38. The lowest BCUT2D eigenvalue weighted by Crippen LogP contribution is -2.40. The summed E-state index contributed by atoms with van der Waals surface area (Å²) in [6.45, 7) is 0. The predicted molar refractivity (Wildman–Crippen MR) is 130 cm³/mol. The van der Waals surface area contributed by atoms with E-state index in [1.165, 1.54) is 6.07 Å². The Kier molecular flexibility index (Phi) is 6.72. The molecule has 1 heterocycles. The molecule has 1 saturated carbocycles. The van der Waals surface area contributed by atoms with Gasteiger partial charge in [0.05, 0.1) is 21.1 Å². The average molecular weight is 475 g/mol. The molecule has 0 atom stereocenters. The second kappa shape index (κ2) is 9.51. The summed E-state index contributed by atoms with van der Waals surface area (Å²) >= 11 is 11.8. The number of halogens is 3. The van der Waals surface area contributed by atoms with Crippen molar-refractivity contribution in [2.75, 3.05) is 24.3 Å². The molecule has 0 saturated heterocycles. The molecule has 8 heteroatoms. The van der Waals surface area contributed by atoms with Crippen molar-refractivity contribution in [2.24, 2.45) is 0 Å². The molecule has 4 rings (SSSR count). The van der Waals surface area contributed by atoms with Crippen LogP contribution in [-0.4, -0.2) is 37.1 Å². The monoisotopic (exact) mass is 474 g/mol. The fraction of sp³-hybridized carbons (Fsp3) is 0.333. The molecule has 5 nitrogen and oxygen atoms in total. The molecule has 0 bridgehead atoms. The maximum Gasteiger partial charge on any atom is 0.253 e. The lowest BCUT2D eigenvalue weighted by atomic mass is 9.91. The second-order valence-electron chi connectivity index (χ2n) is 8.35. The van der Waals surface area contributed by atoms with Gasteiger partial charge in [0.15, 0.2) is 0 Å². The van der Waals surface area contributed by atoms with Gasteiger partial charge in [-0.3, -0.25) is 4.79 Å². The number of nitrogens with zero attached hydrogens (tertiary/aromatic N) is 2. The number of fused-ring (bicyclic) bond motifs is 1. The van der Waals surface area contributed by atoms with E-state index < -0.39 is 5.82 Å². The van der Waals surface area contributed by atoms with Gasteiger partial charge in [0.1, 0.15) is 11.6 Å². The SMILES string of the molecule is CN(C)c1cc(NC2CCC(NC(=O)c3cc(F)c(Cl)cc3Cl)CC2)nc2ccccc12. The summed E-state index contributed by atoms with van der Waals surface area (Å²) in [5.74, 6) is -0.189. The van der Waals surface area contributed by atoms with Crippen LogP contribution >= 0.6 is 23.2 Å². The van der Waals surface area contributed by atoms with E-state index in [0.717, 1.165) is 54.2 Å². The first-order valence-electron chi connectivity index (χ1n) is 10.6. The maximum absolute atomic E-state index is 13.7. The van der Waals surface area contributed by atoms with Crippen molar-refractivity contribution in [2.45, 2.75) is 37.8 Å². The van der Waals surface area contributed by atoms with Crippen molar-refractivity contribution in [3.05, 3.63) is 63.9 Å². The molecule has 3 aromatic rings. The number of nitrogens with one attached hydrogen (secondary N) is 2. The van der Waals surface area contributed by atoms with Gasteiger partial charge in [-0.05, 0) is 43.9 Å². The van der Waals surface area contributed by atoms with Gasteiger partial charge in [-0.25, -0.2) is 9.37 Å². The van der Waals surface area contributed by atoms with Gasteiger partial charge < -0.3 is 15.5 Å². The minimum absolute atomic E-state index is 0.0113.